The number of carbonyl (C=O) groups is 1. The smallest absolute Gasteiger partial charge is 0.340 e. The molecule has 2 rings (SSSR count). The molecular weight excluding hydrogens is 248 g/mol. The van der Waals surface area contributed by atoms with Crippen molar-refractivity contribution < 1.29 is 9.90 Å². The molecule has 1 aromatic carbocycles. The van der Waals surface area contributed by atoms with Crippen molar-refractivity contribution in [3.8, 4) is 11.4 Å². The van der Waals surface area contributed by atoms with Gasteiger partial charge in [0.15, 0.2) is 5.82 Å². The Morgan fingerprint density at radius 1 is 1.22 bits per heavy atom. The lowest BCUT2D eigenvalue weighted by Crippen LogP contribution is -2.07. The average Bonchev–Trinajstić information content (AvgIpc) is 2.38. The van der Waals surface area contributed by atoms with Crippen LogP contribution < -0.4 is 0 Å². The average molecular weight is 260 g/mol. The predicted molar refractivity (Wildman–Crippen MR) is 70.9 cm³/mol. The molecule has 0 aliphatic heterocycles. The Balaban J connectivity index is 2.60. The maximum absolute atomic E-state index is 11.2. The second kappa shape index (κ2) is 5.18. The van der Waals surface area contributed by atoms with Crippen molar-refractivity contribution in [1.29, 1.82) is 0 Å². The van der Waals surface area contributed by atoms with Crippen LogP contribution in [0.5, 0.6) is 0 Å². The fourth-order valence-corrected chi connectivity index (χ4v) is 2.27. The van der Waals surface area contributed by atoms with Crippen LogP contribution in [0.15, 0.2) is 35.4 Å². The molecule has 0 bridgehead atoms. The predicted octanol–water partition coefficient (Wildman–Crippen LogP) is 2.87. The fourth-order valence-electron chi connectivity index (χ4n) is 1.66. The second-order valence-electron chi connectivity index (χ2n) is 3.69. The highest BCUT2D eigenvalue weighted by Gasteiger charge is 2.17. The lowest BCUT2D eigenvalue weighted by atomic mass is 10.2. The third kappa shape index (κ3) is 2.36. The van der Waals surface area contributed by atoms with Crippen LogP contribution >= 0.6 is 11.8 Å². The van der Waals surface area contributed by atoms with Crippen molar-refractivity contribution in [3.63, 3.8) is 0 Å². The minimum atomic E-state index is -0.989. The van der Waals surface area contributed by atoms with Gasteiger partial charge in [-0.05, 0) is 13.2 Å². The molecule has 0 radical (unpaired) electrons. The van der Waals surface area contributed by atoms with Gasteiger partial charge in [-0.3, -0.25) is 0 Å². The number of hydrogen-bond donors (Lipinski definition) is 1. The van der Waals surface area contributed by atoms with Crippen LogP contribution in [0.2, 0.25) is 0 Å². The highest BCUT2D eigenvalue weighted by molar-refractivity contribution is 7.98. The number of carboxylic acids is 1. The summed E-state index contributed by atoms with van der Waals surface area (Å²) in [5, 5.41) is 9.64. The van der Waals surface area contributed by atoms with E-state index in [0.29, 0.717) is 16.5 Å². The Labute approximate surface area is 109 Å². The molecule has 0 saturated heterocycles. The molecule has 1 heterocycles. The van der Waals surface area contributed by atoms with Crippen LogP contribution in [0.3, 0.4) is 0 Å². The summed E-state index contributed by atoms with van der Waals surface area (Å²) in [4.78, 5) is 19.7. The van der Waals surface area contributed by atoms with Crippen molar-refractivity contribution in [2.24, 2.45) is 0 Å². The molecule has 0 amide bonds. The van der Waals surface area contributed by atoms with Crippen molar-refractivity contribution in [3.05, 3.63) is 41.6 Å². The normalized spacial score (nSPS) is 10.3. The van der Waals surface area contributed by atoms with E-state index in [0.717, 1.165) is 5.56 Å². The van der Waals surface area contributed by atoms with Crippen LogP contribution in [-0.4, -0.2) is 27.3 Å². The third-order valence-corrected chi connectivity index (χ3v) is 3.18. The molecule has 4 nitrogen and oxygen atoms in total. The summed E-state index contributed by atoms with van der Waals surface area (Å²) in [6, 6.07) is 9.52. The monoisotopic (exact) mass is 260 g/mol. The molecule has 0 aliphatic carbocycles. The molecule has 1 aromatic heterocycles. The van der Waals surface area contributed by atoms with Gasteiger partial charge in [-0.2, -0.15) is 0 Å². The zero-order valence-corrected chi connectivity index (χ0v) is 10.9. The molecule has 0 saturated carbocycles. The molecule has 92 valence electrons. The van der Waals surface area contributed by atoms with E-state index in [-0.39, 0.29) is 5.56 Å². The SMILES string of the molecule is CSc1nc(-c2ccccc2)nc(C)c1C(=O)O. The summed E-state index contributed by atoms with van der Waals surface area (Å²) in [6.45, 7) is 1.69. The quantitative estimate of drug-likeness (QED) is 0.679. The van der Waals surface area contributed by atoms with Crippen LogP contribution in [-0.2, 0) is 0 Å². The maximum atomic E-state index is 11.2. The molecule has 0 aliphatic rings. The van der Waals surface area contributed by atoms with Crippen LogP contribution in [0, 0.1) is 6.92 Å². The van der Waals surface area contributed by atoms with E-state index in [4.69, 9.17) is 5.11 Å². The van der Waals surface area contributed by atoms with E-state index in [2.05, 4.69) is 9.97 Å². The first kappa shape index (κ1) is 12.6. The van der Waals surface area contributed by atoms with Gasteiger partial charge >= 0.3 is 5.97 Å². The first-order chi connectivity index (χ1) is 8.63. The van der Waals surface area contributed by atoms with E-state index < -0.39 is 5.97 Å². The summed E-state index contributed by atoms with van der Waals surface area (Å²) in [7, 11) is 0. The van der Waals surface area contributed by atoms with Crippen molar-refractivity contribution in [2.75, 3.05) is 6.26 Å². The topological polar surface area (TPSA) is 63.1 Å². The number of rotatable bonds is 3. The first-order valence-corrected chi connectivity index (χ1v) is 6.57. The molecular formula is C13H12N2O2S. The Morgan fingerprint density at radius 3 is 2.44 bits per heavy atom. The van der Waals surface area contributed by atoms with E-state index in [1.54, 1.807) is 6.92 Å². The molecule has 18 heavy (non-hydrogen) atoms. The number of benzene rings is 1. The van der Waals surface area contributed by atoms with Crippen molar-refractivity contribution in [2.45, 2.75) is 11.9 Å². The molecule has 0 fully saturated rings. The van der Waals surface area contributed by atoms with Crippen molar-refractivity contribution in [1.82, 2.24) is 9.97 Å². The second-order valence-corrected chi connectivity index (χ2v) is 4.48. The number of nitrogens with zero attached hydrogens (tertiary/aromatic N) is 2. The summed E-state index contributed by atoms with van der Waals surface area (Å²) < 4.78 is 0. The number of aromatic carboxylic acids is 1. The largest absolute Gasteiger partial charge is 0.478 e. The molecule has 5 heteroatoms. The zero-order chi connectivity index (χ0) is 13.1. The van der Waals surface area contributed by atoms with Crippen LogP contribution in [0.25, 0.3) is 11.4 Å². The minimum absolute atomic E-state index is 0.183. The highest BCUT2D eigenvalue weighted by Crippen LogP contribution is 2.24. The van der Waals surface area contributed by atoms with Gasteiger partial charge in [-0.15, -0.1) is 11.8 Å². The van der Waals surface area contributed by atoms with Gasteiger partial charge in [0, 0.05) is 5.56 Å². The highest BCUT2D eigenvalue weighted by atomic mass is 32.2. The lowest BCUT2D eigenvalue weighted by Gasteiger charge is -2.08. The Hall–Kier alpha value is -1.88. The summed E-state index contributed by atoms with van der Waals surface area (Å²) >= 11 is 1.31. The zero-order valence-electron chi connectivity index (χ0n) is 10.0. The Bertz CT molecular complexity index is 585. The minimum Gasteiger partial charge on any atom is -0.478 e. The van der Waals surface area contributed by atoms with Gasteiger partial charge in [0.25, 0.3) is 0 Å². The number of aromatic nitrogens is 2. The Morgan fingerprint density at radius 2 is 1.89 bits per heavy atom. The van der Waals surface area contributed by atoms with Crippen molar-refractivity contribution >= 4 is 17.7 Å². The van der Waals surface area contributed by atoms with Gasteiger partial charge in [0.2, 0.25) is 0 Å². The summed E-state index contributed by atoms with van der Waals surface area (Å²) in [6.07, 6.45) is 1.81. The molecule has 1 N–H and O–H groups in total. The molecule has 0 atom stereocenters. The Kier molecular flexibility index (Phi) is 3.62. The van der Waals surface area contributed by atoms with Gasteiger partial charge in [0.05, 0.1) is 5.69 Å². The number of hydrogen-bond acceptors (Lipinski definition) is 4. The fraction of sp³-hybridized carbons (Fsp3) is 0.154. The van der Waals surface area contributed by atoms with E-state index >= 15 is 0 Å². The van der Waals surface area contributed by atoms with Gasteiger partial charge in [0.1, 0.15) is 10.6 Å². The summed E-state index contributed by atoms with van der Waals surface area (Å²) in [5.41, 5.74) is 1.55. The molecule has 0 spiro atoms. The maximum Gasteiger partial charge on any atom is 0.340 e. The standard InChI is InChI=1S/C13H12N2O2S/c1-8-10(13(16)17)12(18-2)15-11(14-8)9-6-4-3-5-7-9/h3-7H,1-2H3,(H,16,17). The summed E-state index contributed by atoms with van der Waals surface area (Å²) in [5.74, 6) is -0.432. The number of thioether (sulfide) groups is 1. The van der Waals surface area contributed by atoms with Crippen LogP contribution in [0.1, 0.15) is 16.1 Å². The van der Waals surface area contributed by atoms with Crippen LogP contribution in [0.4, 0.5) is 0 Å². The van der Waals surface area contributed by atoms with E-state index in [9.17, 15) is 4.79 Å². The third-order valence-electron chi connectivity index (χ3n) is 2.50. The molecule has 0 unspecified atom stereocenters. The van der Waals surface area contributed by atoms with Gasteiger partial charge in [-0.1, -0.05) is 30.3 Å². The van der Waals surface area contributed by atoms with Gasteiger partial charge in [-0.25, -0.2) is 14.8 Å². The van der Waals surface area contributed by atoms with Gasteiger partial charge < -0.3 is 5.11 Å². The van der Waals surface area contributed by atoms with E-state index in [1.165, 1.54) is 11.8 Å². The number of aryl methyl sites for hydroxylation is 1. The molecule has 2 aromatic rings. The first-order valence-electron chi connectivity index (χ1n) is 5.35. The lowest BCUT2D eigenvalue weighted by molar-refractivity contribution is 0.0691. The number of carboxylic acid groups (broad SMARTS) is 1. The van der Waals surface area contributed by atoms with E-state index in [1.807, 2.05) is 36.6 Å².